The van der Waals surface area contributed by atoms with Gasteiger partial charge >= 0.3 is 0 Å². The van der Waals surface area contributed by atoms with E-state index in [4.69, 9.17) is 5.11 Å². The smallest absolute Gasteiger partial charge is 0.0836 e. The minimum absolute atomic E-state index is 0.0586. The molecule has 0 radical (unpaired) electrons. The van der Waals surface area contributed by atoms with Crippen molar-refractivity contribution >= 4 is 15.9 Å². The summed E-state index contributed by atoms with van der Waals surface area (Å²) in [5.41, 5.74) is 1.95. The van der Waals surface area contributed by atoms with Crippen LogP contribution in [-0.4, -0.2) is 9.67 Å². The third-order valence-electron chi connectivity index (χ3n) is 2.10. The van der Waals surface area contributed by atoms with E-state index in [1.165, 1.54) is 0 Å². The molecule has 72 valence electrons. The molecule has 0 saturated carbocycles. The lowest BCUT2D eigenvalue weighted by molar-refractivity contribution is 0.274. The number of aromatic nitrogens is 1. The van der Waals surface area contributed by atoms with E-state index in [1.54, 1.807) is 0 Å². The number of aliphatic hydroxyl groups excluding tert-OH is 1. The fourth-order valence-electron chi connectivity index (χ4n) is 1.40. The molecule has 1 heterocycles. The van der Waals surface area contributed by atoms with Gasteiger partial charge in [-0.2, -0.15) is 0 Å². The van der Waals surface area contributed by atoms with Crippen molar-refractivity contribution in [2.75, 3.05) is 0 Å². The Kier molecular flexibility index (Phi) is 2.70. The van der Waals surface area contributed by atoms with Gasteiger partial charge in [0.05, 0.1) is 6.61 Å². The quantitative estimate of drug-likeness (QED) is 0.873. The molecule has 0 spiro atoms. The lowest BCUT2D eigenvalue weighted by Gasteiger charge is -2.06. The van der Waals surface area contributed by atoms with Crippen molar-refractivity contribution < 1.29 is 5.11 Å². The molecule has 1 N–H and O–H groups in total. The zero-order valence-electron chi connectivity index (χ0n) is 7.52. The number of rotatable bonds is 2. The molecule has 0 saturated heterocycles. The highest BCUT2D eigenvalue weighted by Gasteiger charge is 2.00. The van der Waals surface area contributed by atoms with Gasteiger partial charge in [0.2, 0.25) is 0 Å². The fraction of sp³-hybridized carbons (Fsp3) is 0.0909. The van der Waals surface area contributed by atoms with Gasteiger partial charge in [0.25, 0.3) is 0 Å². The zero-order chi connectivity index (χ0) is 9.97. The van der Waals surface area contributed by atoms with Crippen molar-refractivity contribution in [3.8, 4) is 5.69 Å². The van der Waals surface area contributed by atoms with E-state index in [0.29, 0.717) is 0 Å². The lowest BCUT2D eigenvalue weighted by Crippen LogP contribution is -1.97. The summed E-state index contributed by atoms with van der Waals surface area (Å²) in [6.07, 6.45) is 1.94. The molecular formula is C11H10BrNO. The Bertz CT molecular complexity index is 419. The van der Waals surface area contributed by atoms with Gasteiger partial charge in [-0.1, -0.05) is 15.9 Å². The van der Waals surface area contributed by atoms with E-state index in [2.05, 4.69) is 15.9 Å². The van der Waals surface area contributed by atoms with Crippen LogP contribution in [0.2, 0.25) is 0 Å². The standard InChI is InChI=1S/C11H10BrNO/c12-9-3-5-10(6-4-9)13-7-1-2-11(13)8-14/h1-7,14H,8H2. The molecule has 0 unspecified atom stereocenters. The normalized spacial score (nSPS) is 10.4. The fourth-order valence-corrected chi connectivity index (χ4v) is 1.66. The van der Waals surface area contributed by atoms with Gasteiger partial charge in [-0.3, -0.25) is 0 Å². The van der Waals surface area contributed by atoms with Crippen LogP contribution < -0.4 is 0 Å². The maximum atomic E-state index is 9.09. The topological polar surface area (TPSA) is 25.2 Å². The molecule has 3 heteroatoms. The largest absolute Gasteiger partial charge is 0.390 e. The van der Waals surface area contributed by atoms with Gasteiger partial charge in [0, 0.05) is 22.1 Å². The Balaban J connectivity index is 2.44. The highest BCUT2D eigenvalue weighted by Crippen LogP contribution is 2.16. The first-order valence-corrected chi connectivity index (χ1v) is 5.13. The number of nitrogens with zero attached hydrogens (tertiary/aromatic N) is 1. The highest BCUT2D eigenvalue weighted by molar-refractivity contribution is 9.10. The minimum atomic E-state index is 0.0586. The average Bonchev–Trinajstić information content (AvgIpc) is 2.67. The third kappa shape index (κ3) is 1.74. The second kappa shape index (κ2) is 3.98. The van der Waals surface area contributed by atoms with Crippen molar-refractivity contribution in [1.29, 1.82) is 0 Å². The van der Waals surface area contributed by atoms with Crippen LogP contribution in [0.1, 0.15) is 5.69 Å². The molecule has 0 bridgehead atoms. The predicted molar refractivity (Wildman–Crippen MR) is 59.4 cm³/mol. The molecule has 0 aliphatic heterocycles. The number of benzene rings is 1. The first-order valence-electron chi connectivity index (χ1n) is 4.34. The summed E-state index contributed by atoms with van der Waals surface area (Å²) >= 11 is 3.39. The summed E-state index contributed by atoms with van der Waals surface area (Å²) in [5.74, 6) is 0. The van der Waals surface area contributed by atoms with E-state index in [9.17, 15) is 0 Å². The molecule has 14 heavy (non-hydrogen) atoms. The molecule has 2 nitrogen and oxygen atoms in total. The van der Waals surface area contributed by atoms with E-state index in [0.717, 1.165) is 15.9 Å². The van der Waals surface area contributed by atoms with Gasteiger partial charge in [0.15, 0.2) is 0 Å². The molecule has 0 aliphatic carbocycles. The van der Waals surface area contributed by atoms with Crippen molar-refractivity contribution in [3.05, 3.63) is 52.8 Å². The minimum Gasteiger partial charge on any atom is -0.390 e. The maximum absolute atomic E-state index is 9.09. The molecule has 0 atom stereocenters. The van der Waals surface area contributed by atoms with Gasteiger partial charge in [-0.25, -0.2) is 0 Å². The summed E-state index contributed by atoms with van der Waals surface area (Å²) < 4.78 is 3.02. The summed E-state index contributed by atoms with van der Waals surface area (Å²) in [6.45, 7) is 0.0586. The Morgan fingerprint density at radius 3 is 2.50 bits per heavy atom. The molecule has 1 aromatic carbocycles. The summed E-state index contributed by atoms with van der Waals surface area (Å²) in [4.78, 5) is 0. The molecular weight excluding hydrogens is 242 g/mol. The van der Waals surface area contributed by atoms with Crippen molar-refractivity contribution in [3.63, 3.8) is 0 Å². The monoisotopic (exact) mass is 251 g/mol. The molecule has 0 amide bonds. The van der Waals surface area contributed by atoms with Crippen LogP contribution in [0.3, 0.4) is 0 Å². The number of hydrogen-bond donors (Lipinski definition) is 1. The summed E-state index contributed by atoms with van der Waals surface area (Å²) in [6, 6.07) is 11.8. The van der Waals surface area contributed by atoms with Gasteiger partial charge < -0.3 is 9.67 Å². The lowest BCUT2D eigenvalue weighted by atomic mass is 10.3. The van der Waals surface area contributed by atoms with E-state index in [-0.39, 0.29) is 6.61 Å². The van der Waals surface area contributed by atoms with E-state index < -0.39 is 0 Å². The van der Waals surface area contributed by atoms with Crippen LogP contribution in [-0.2, 0) is 6.61 Å². The predicted octanol–water partition coefficient (Wildman–Crippen LogP) is 2.73. The Labute approximate surface area is 90.9 Å². The Morgan fingerprint density at radius 2 is 1.86 bits per heavy atom. The Morgan fingerprint density at radius 1 is 1.14 bits per heavy atom. The first-order chi connectivity index (χ1) is 6.81. The highest BCUT2D eigenvalue weighted by atomic mass is 79.9. The van der Waals surface area contributed by atoms with Crippen LogP contribution in [0.4, 0.5) is 0 Å². The number of halogens is 1. The molecule has 1 aromatic heterocycles. The number of hydrogen-bond acceptors (Lipinski definition) is 1. The van der Waals surface area contributed by atoms with Crippen LogP contribution in [0.15, 0.2) is 47.1 Å². The average molecular weight is 252 g/mol. The van der Waals surface area contributed by atoms with Gasteiger partial charge in [0.1, 0.15) is 0 Å². The SMILES string of the molecule is OCc1cccn1-c1ccc(Br)cc1. The molecule has 0 fully saturated rings. The second-order valence-electron chi connectivity index (χ2n) is 3.00. The Hall–Kier alpha value is -1.06. The van der Waals surface area contributed by atoms with Gasteiger partial charge in [-0.15, -0.1) is 0 Å². The van der Waals surface area contributed by atoms with Crippen LogP contribution in [0, 0.1) is 0 Å². The molecule has 2 rings (SSSR count). The van der Waals surface area contributed by atoms with Crippen molar-refractivity contribution in [2.24, 2.45) is 0 Å². The third-order valence-corrected chi connectivity index (χ3v) is 2.63. The molecule has 2 aromatic rings. The number of aliphatic hydroxyl groups is 1. The van der Waals surface area contributed by atoms with Crippen molar-refractivity contribution in [2.45, 2.75) is 6.61 Å². The second-order valence-corrected chi connectivity index (χ2v) is 3.92. The van der Waals surface area contributed by atoms with E-state index in [1.807, 2.05) is 47.2 Å². The van der Waals surface area contributed by atoms with Crippen molar-refractivity contribution in [1.82, 2.24) is 4.57 Å². The summed E-state index contributed by atoms with van der Waals surface area (Å²) in [7, 11) is 0. The van der Waals surface area contributed by atoms with Gasteiger partial charge in [-0.05, 0) is 36.4 Å². The van der Waals surface area contributed by atoms with E-state index >= 15 is 0 Å². The van der Waals surface area contributed by atoms with Crippen LogP contribution in [0.5, 0.6) is 0 Å². The summed E-state index contributed by atoms with van der Waals surface area (Å²) in [5, 5.41) is 9.09. The maximum Gasteiger partial charge on any atom is 0.0836 e. The first kappa shape index (κ1) is 9.49. The van der Waals surface area contributed by atoms with Crippen LogP contribution in [0.25, 0.3) is 5.69 Å². The molecule has 0 aliphatic rings. The zero-order valence-corrected chi connectivity index (χ0v) is 9.11. The van der Waals surface area contributed by atoms with Crippen LogP contribution >= 0.6 is 15.9 Å².